The van der Waals surface area contributed by atoms with Crippen molar-refractivity contribution in [1.82, 2.24) is 10.6 Å². The summed E-state index contributed by atoms with van der Waals surface area (Å²) in [7, 11) is 0. The first-order chi connectivity index (χ1) is 13.0. The lowest BCUT2D eigenvalue weighted by atomic mass is 10.2. The smallest absolute Gasteiger partial charge is 0.255 e. The molecule has 2 N–H and O–H groups in total. The summed E-state index contributed by atoms with van der Waals surface area (Å²) in [5, 5.41) is 5.26. The third-order valence-corrected chi connectivity index (χ3v) is 4.08. The van der Waals surface area contributed by atoms with Gasteiger partial charge in [0.15, 0.2) is 0 Å². The number of carbonyl (C=O) groups is 2. The summed E-state index contributed by atoms with van der Waals surface area (Å²) < 4.78 is 19.2. The molecule has 2 amide bonds. The molecule has 2 rings (SSSR count). The summed E-state index contributed by atoms with van der Waals surface area (Å²) in [5.41, 5.74) is 0.963. The number of hydrogen-bond acceptors (Lipinski definition) is 3. The number of benzene rings is 2. The van der Waals surface area contributed by atoms with Crippen molar-refractivity contribution in [3.05, 3.63) is 64.4 Å². The highest BCUT2D eigenvalue weighted by molar-refractivity contribution is 6.33. The van der Waals surface area contributed by atoms with Crippen LogP contribution in [0, 0.1) is 12.7 Å². The maximum atomic E-state index is 13.6. The number of nitrogens with one attached hydrogen (secondary N) is 2. The first-order valence-electron chi connectivity index (χ1n) is 8.66. The van der Waals surface area contributed by atoms with Gasteiger partial charge in [-0.25, -0.2) is 4.39 Å². The molecule has 2 aromatic rings. The van der Waals surface area contributed by atoms with Gasteiger partial charge in [-0.3, -0.25) is 9.59 Å². The van der Waals surface area contributed by atoms with E-state index in [0.717, 1.165) is 11.3 Å². The monoisotopic (exact) mass is 392 g/mol. The highest BCUT2D eigenvalue weighted by atomic mass is 35.5. The zero-order chi connectivity index (χ0) is 19.6. The van der Waals surface area contributed by atoms with E-state index in [0.29, 0.717) is 19.4 Å². The molecule has 0 saturated carbocycles. The van der Waals surface area contributed by atoms with Crippen molar-refractivity contribution in [2.75, 3.05) is 19.7 Å². The van der Waals surface area contributed by atoms with E-state index < -0.39 is 11.7 Å². The van der Waals surface area contributed by atoms with E-state index in [2.05, 4.69) is 10.6 Å². The van der Waals surface area contributed by atoms with Crippen molar-refractivity contribution in [1.29, 1.82) is 0 Å². The number of amides is 2. The molecule has 0 spiro atoms. The lowest BCUT2D eigenvalue weighted by Gasteiger charge is -2.09. The van der Waals surface area contributed by atoms with Gasteiger partial charge in [0.2, 0.25) is 5.91 Å². The first-order valence-corrected chi connectivity index (χ1v) is 9.03. The summed E-state index contributed by atoms with van der Waals surface area (Å²) in [5.74, 6) is -0.660. The van der Waals surface area contributed by atoms with Crippen LogP contribution in [0.1, 0.15) is 28.8 Å². The molecular formula is C20H22ClFN2O3. The Bertz CT molecular complexity index is 761. The van der Waals surface area contributed by atoms with Crippen LogP contribution < -0.4 is 15.4 Å². The van der Waals surface area contributed by atoms with Crippen LogP contribution in [0.5, 0.6) is 5.75 Å². The standard InChI is InChI=1S/C20H22ClFN2O3/c1-14-7-9-15(10-8-14)27-13-3-6-18(25)23-11-12-24-20(26)19-16(21)4-2-5-17(19)22/h2,4-5,7-10H,3,6,11-13H2,1H3,(H,23,25)(H,24,26). The Morgan fingerprint density at radius 3 is 2.48 bits per heavy atom. The molecule has 0 radical (unpaired) electrons. The Morgan fingerprint density at radius 1 is 1.07 bits per heavy atom. The lowest BCUT2D eigenvalue weighted by Crippen LogP contribution is -2.35. The normalized spacial score (nSPS) is 10.3. The topological polar surface area (TPSA) is 67.4 Å². The fourth-order valence-electron chi connectivity index (χ4n) is 2.33. The van der Waals surface area contributed by atoms with Gasteiger partial charge in [-0.05, 0) is 37.6 Å². The minimum absolute atomic E-state index is 0.0464. The molecule has 0 fully saturated rings. The van der Waals surface area contributed by atoms with E-state index in [1.807, 2.05) is 31.2 Å². The first kappa shape index (κ1) is 20.7. The van der Waals surface area contributed by atoms with E-state index >= 15 is 0 Å². The van der Waals surface area contributed by atoms with Crippen molar-refractivity contribution >= 4 is 23.4 Å². The van der Waals surface area contributed by atoms with Crippen LogP contribution in [0.4, 0.5) is 4.39 Å². The molecule has 2 aromatic carbocycles. The van der Waals surface area contributed by atoms with Crippen molar-refractivity contribution < 1.29 is 18.7 Å². The minimum Gasteiger partial charge on any atom is -0.494 e. The summed E-state index contributed by atoms with van der Waals surface area (Å²) in [6.07, 6.45) is 0.899. The van der Waals surface area contributed by atoms with Gasteiger partial charge in [-0.2, -0.15) is 0 Å². The highest BCUT2D eigenvalue weighted by Gasteiger charge is 2.15. The van der Waals surface area contributed by atoms with E-state index in [4.69, 9.17) is 16.3 Å². The van der Waals surface area contributed by atoms with E-state index in [1.165, 1.54) is 18.2 Å². The van der Waals surface area contributed by atoms with Gasteiger partial charge < -0.3 is 15.4 Å². The summed E-state index contributed by atoms with van der Waals surface area (Å²) in [6, 6.07) is 11.7. The van der Waals surface area contributed by atoms with Gasteiger partial charge in [0.25, 0.3) is 5.91 Å². The van der Waals surface area contributed by atoms with Crippen LogP contribution in [0.2, 0.25) is 5.02 Å². The van der Waals surface area contributed by atoms with Gasteiger partial charge in [-0.15, -0.1) is 0 Å². The Balaban J connectivity index is 1.59. The second kappa shape index (κ2) is 10.5. The van der Waals surface area contributed by atoms with Crippen LogP contribution in [0.3, 0.4) is 0 Å². The number of hydrogen-bond donors (Lipinski definition) is 2. The number of ether oxygens (including phenoxy) is 1. The molecule has 0 aliphatic carbocycles. The number of halogens is 2. The zero-order valence-corrected chi connectivity index (χ0v) is 15.8. The maximum Gasteiger partial charge on any atom is 0.255 e. The third-order valence-electron chi connectivity index (χ3n) is 3.76. The van der Waals surface area contributed by atoms with Crippen LogP contribution in [0.25, 0.3) is 0 Å². The van der Waals surface area contributed by atoms with Crippen molar-refractivity contribution in [2.45, 2.75) is 19.8 Å². The number of carbonyl (C=O) groups excluding carboxylic acids is 2. The quantitative estimate of drug-likeness (QED) is 0.642. The average Bonchev–Trinajstić information content (AvgIpc) is 2.64. The van der Waals surface area contributed by atoms with E-state index in [-0.39, 0.29) is 29.6 Å². The third kappa shape index (κ3) is 6.90. The molecule has 7 heteroatoms. The molecule has 0 heterocycles. The predicted molar refractivity (Wildman–Crippen MR) is 103 cm³/mol. The van der Waals surface area contributed by atoms with Gasteiger partial charge >= 0.3 is 0 Å². The second-order valence-electron chi connectivity index (χ2n) is 5.97. The molecule has 0 aromatic heterocycles. The molecule has 0 bridgehead atoms. The average molecular weight is 393 g/mol. The largest absolute Gasteiger partial charge is 0.494 e. The van der Waals surface area contributed by atoms with Gasteiger partial charge in [0.1, 0.15) is 11.6 Å². The summed E-state index contributed by atoms with van der Waals surface area (Å²) >= 11 is 5.83. The van der Waals surface area contributed by atoms with Crippen LogP contribution in [-0.4, -0.2) is 31.5 Å². The molecular weight excluding hydrogens is 371 g/mol. The van der Waals surface area contributed by atoms with Gasteiger partial charge in [0.05, 0.1) is 17.2 Å². The molecule has 0 atom stereocenters. The van der Waals surface area contributed by atoms with Crippen molar-refractivity contribution in [3.8, 4) is 5.75 Å². The molecule has 144 valence electrons. The Labute approximate surface area is 162 Å². The van der Waals surface area contributed by atoms with Crippen LogP contribution in [0.15, 0.2) is 42.5 Å². The predicted octanol–water partition coefficient (Wildman–Crippen LogP) is 3.49. The Kier molecular flexibility index (Phi) is 8.07. The molecule has 0 saturated heterocycles. The van der Waals surface area contributed by atoms with Crippen molar-refractivity contribution in [2.24, 2.45) is 0 Å². The molecule has 5 nitrogen and oxygen atoms in total. The zero-order valence-electron chi connectivity index (χ0n) is 15.1. The van der Waals surface area contributed by atoms with E-state index in [9.17, 15) is 14.0 Å². The van der Waals surface area contributed by atoms with Crippen LogP contribution in [-0.2, 0) is 4.79 Å². The molecule has 0 aliphatic rings. The fourth-order valence-corrected chi connectivity index (χ4v) is 2.58. The Morgan fingerprint density at radius 2 is 1.78 bits per heavy atom. The second-order valence-corrected chi connectivity index (χ2v) is 6.37. The van der Waals surface area contributed by atoms with Gasteiger partial charge in [0, 0.05) is 19.5 Å². The number of aryl methyl sites for hydroxylation is 1. The molecule has 0 aliphatic heterocycles. The lowest BCUT2D eigenvalue weighted by molar-refractivity contribution is -0.121. The minimum atomic E-state index is -0.683. The van der Waals surface area contributed by atoms with Crippen LogP contribution >= 0.6 is 11.6 Å². The highest BCUT2D eigenvalue weighted by Crippen LogP contribution is 2.18. The Hall–Kier alpha value is -2.60. The number of rotatable bonds is 9. The van der Waals surface area contributed by atoms with E-state index in [1.54, 1.807) is 0 Å². The fraction of sp³-hybridized carbons (Fsp3) is 0.300. The maximum absolute atomic E-state index is 13.6. The molecule has 27 heavy (non-hydrogen) atoms. The summed E-state index contributed by atoms with van der Waals surface area (Å²) in [6.45, 7) is 2.87. The van der Waals surface area contributed by atoms with Gasteiger partial charge in [-0.1, -0.05) is 35.4 Å². The summed E-state index contributed by atoms with van der Waals surface area (Å²) in [4.78, 5) is 23.7. The molecule has 0 unspecified atom stereocenters. The SMILES string of the molecule is Cc1ccc(OCCCC(=O)NCCNC(=O)c2c(F)cccc2Cl)cc1. The van der Waals surface area contributed by atoms with Crippen molar-refractivity contribution in [3.63, 3.8) is 0 Å².